The monoisotopic (exact) mass is 236 g/mol. The van der Waals surface area contributed by atoms with Crippen LogP contribution in [-0.4, -0.2) is 14.8 Å². The Balaban J connectivity index is 2.13. The smallest absolute Gasteiger partial charge is 0.0622 e. The lowest BCUT2D eigenvalue weighted by atomic mass is 10.0. The van der Waals surface area contributed by atoms with E-state index >= 15 is 0 Å². The first-order valence-electron chi connectivity index (χ1n) is 4.99. The van der Waals surface area contributed by atoms with E-state index in [0.29, 0.717) is 11.4 Å². The average molecular weight is 237 g/mol. The van der Waals surface area contributed by atoms with Gasteiger partial charge < -0.3 is 5.73 Å². The van der Waals surface area contributed by atoms with Gasteiger partial charge in [0.1, 0.15) is 0 Å². The number of nitrogens with two attached hydrogens (primary N) is 1. The van der Waals surface area contributed by atoms with Crippen LogP contribution in [0.4, 0.5) is 0 Å². The second kappa shape index (κ2) is 4.63. The minimum atomic E-state index is -0.0893. The molecule has 2 aromatic rings. The summed E-state index contributed by atoms with van der Waals surface area (Å²) in [5.74, 6) is 0. The zero-order valence-electron chi connectivity index (χ0n) is 8.97. The van der Waals surface area contributed by atoms with E-state index in [1.165, 1.54) is 0 Å². The van der Waals surface area contributed by atoms with E-state index in [-0.39, 0.29) is 6.04 Å². The third-order valence-corrected chi connectivity index (χ3v) is 2.79. The first kappa shape index (κ1) is 11.1. The molecular weight excluding hydrogens is 224 g/mol. The van der Waals surface area contributed by atoms with E-state index < -0.39 is 0 Å². The van der Waals surface area contributed by atoms with Crippen LogP contribution in [0.2, 0.25) is 5.02 Å². The first-order valence-corrected chi connectivity index (χ1v) is 5.37. The summed E-state index contributed by atoms with van der Waals surface area (Å²) < 4.78 is 1.74. The first-order chi connectivity index (χ1) is 7.66. The predicted molar refractivity (Wildman–Crippen MR) is 63.1 cm³/mol. The van der Waals surface area contributed by atoms with Gasteiger partial charge in [0.15, 0.2) is 0 Å². The molecule has 0 fully saturated rings. The number of halogens is 1. The third-order valence-electron chi connectivity index (χ3n) is 2.45. The molecule has 2 N–H and O–H groups in total. The van der Waals surface area contributed by atoms with Gasteiger partial charge in [0.25, 0.3) is 0 Å². The van der Waals surface area contributed by atoms with Crippen LogP contribution in [0, 0.1) is 0 Å². The normalized spacial score (nSPS) is 12.7. The second-order valence-electron chi connectivity index (χ2n) is 3.73. The zero-order valence-corrected chi connectivity index (χ0v) is 9.72. The number of nitrogens with zero attached hydrogens (tertiary/aromatic N) is 3. The second-order valence-corrected chi connectivity index (χ2v) is 4.13. The van der Waals surface area contributed by atoms with Crippen LogP contribution in [0.1, 0.15) is 17.2 Å². The standard InChI is InChI=1S/C11H13ClN4/c1-16-7-9(5-15-16)11(13)4-8-2-3-14-6-10(8)12/h2-3,5-7,11H,4,13H2,1H3. The number of aromatic nitrogens is 3. The molecule has 0 amide bonds. The van der Waals surface area contributed by atoms with Gasteiger partial charge in [-0.15, -0.1) is 0 Å². The van der Waals surface area contributed by atoms with Gasteiger partial charge in [-0.1, -0.05) is 11.6 Å². The van der Waals surface area contributed by atoms with Crippen LogP contribution in [-0.2, 0) is 13.5 Å². The highest BCUT2D eigenvalue weighted by atomic mass is 35.5. The Kier molecular flexibility index (Phi) is 3.22. The Bertz CT molecular complexity index is 480. The van der Waals surface area contributed by atoms with E-state index in [0.717, 1.165) is 11.1 Å². The molecule has 1 unspecified atom stereocenters. The maximum atomic E-state index is 6.08. The highest BCUT2D eigenvalue weighted by Gasteiger charge is 2.10. The molecule has 0 spiro atoms. The van der Waals surface area contributed by atoms with Gasteiger partial charge in [0, 0.05) is 37.2 Å². The van der Waals surface area contributed by atoms with Crippen molar-refractivity contribution in [2.24, 2.45) is 12.8 Å². The van der Waals surface area contributed by atoms with Crippen molar-refractivity contribution < 1.29 is 0 Å². The number of aryl methyl sites for hydroxylation is 1. The molecule has 1 atom stereocenters. The van der Waals surface area contributed by atoms with Crippen LogP contribution in [0.25, 0.3) is 0 Å². The van der Waals surface area contributed by atoms with Crippen molar-refractivity contribution in [3.63, 3.8) is 0 Å². The zero-order chi connectivity index (χ0) is 11.5. The van der Waals surface area contributed by atoms with Gasteiger partial charge in [-0.25, -0.2) is 0 Å². The summed E-state index contributed by atoms with van der Waals surface area (Å²) in [6.45, 7) is 0. The largest absolute Gasteiger partial charge is 0.324 e. The van der Waals surface area contributed by atoms with Crippen LogP contribution < -0.4 is 5.73 Å². The third kappa shape index (κ3) is 2.40. The summed E-state index contributed by atoms with van der Waals surface area (Å²) in [5.41, 5.74) is 8.09. The van der Waals surface area contributed by atoms with Gasteiger partial charge in [0.05, 0.1) is 11.2 Å². The van der Waals surface area contributed by atoms with E-state index in [1.54, 1.807) is 23.3 Å². The van der Waals surface area contributed by atoms with Crippen molar-refractivity contribution >= 4 is 11.6 Å². The van der Waals surface area contributed by atoms with Crippen LogP contribution in [0.15, 0.2) is 30.9 Å². The van der Waals surface area contributed by atoms with Gasteiger partial charge >= 0.3 is 0 Å². The van der Waals surface area contributed by atoms with Gasteiger partial charge in [-0.05, 0) is 18.1 Å². The molecule has 0 bridgehead atoms. The molecule has 4 nitrogen and oxygen atoms in total. The summed E-state index contributed by atoms with van der Waals surface area (Å²) in [6.07, 6.45) is 7.73. The van der Waals surface area contributed by atoms with Crippen molar-refractivity contribution in [1.29, 1.82) is 0 Å². The molecule has 5 heteroatoms. The minimum absolute atomic E-state index is 0.0893. The molecule has 84 valence electrons. The Labute approximate surface area is 99.1 Å². The number of pyridine rings is 1. The molecule has 2 aromatic heterocycles. The molecule has 2 rings (SSSR count). The van der Waals surface area contributed by atoms with Crippen molar-refractivity contribution in [1.82, 2.24) is 14.8 Å². The molecule has 0 saturated carbocycles. The van der Waals surface area contributed by atoms with Crippen LogP contribution >= 0.6 is 11.6 Å². The van der Waals surface area contributed by atoms with Gasteiger partial charge in [-0.3, -0.25) is 9.67 Å². The number of rotatable bonds is 3. The lowest BCUT2D eigenvalue weighted by Gasteiger charge is -2.10. The number of hydrogen-bond donors (Lipinski definition) is 1. The number of hydrogen-bond acceptors (Lipinski definition) is 3. The molecule has 0 aromatic carbocycles. The summed E-state index contributed by atoms with van der Waals surface area (Å²) in [4.78, 5) is 3.94. The molecule has 0 radical (unpaired) electrons. The highest BCUT2D eigenvalue weighted by molar-refractivity contribution is 6.31. The van der Waals surface area contributed by atoms with Crippen molar-refractivity contribution in [2.45, 2.75) is 12.5 Å². The highest BCUT2D eigenvalue weighted by Crippen LogP contribution is 2.20. The fourth-order valence-electron chi connectivity index (χ4n) is 1.56. The van der Waals surface area contributed by atoms with Gasteiger partial charge in [-0.2, -0.15) is 5.10 Å². The Hall–Kier alpha value is -1.39. The van der Waals surface area contributed by atoms with E-state index in [9.17, 15) is 0 Å². The fourth-order valence-corrected chi connectivity index (χ4v) is 1.75. The molecule has 2 heterocycles. The van der Waals surface area contributed by atoms with Crippen LogP contribution in [0.5, 0.6) is 0 Å². The molecule has 16 heavy (non-hydrogen) atoms. The summed E-state index contributed by atoms with van der Waals surface area (Å²) in [5, 5.41) is 4.75. The molecule has 0 aliphatic carbocycles. The quantitative estimate of drug-likeness (QED) is 0.883. The lowest BCUT2D eigenvalue weighted by Crippen LogP contribution is -2.13. The van der Waals surface area contributed by atoms with Crippen LogP contribution in [0.3, 0.4) is 0 Å². The fraction of sp³-hybridized carbons (Fsp3) is 0.273. The Morgan fingerprint density at radius 1 is 1.50 bits per heavy atom. The molecule has 0 saturated heterocycles. The average Bonchev–Trinajstić information content (AvgIpc) is 2.68. The van der Waals surface area contributed by atoms with Crippen molar-refractivity contribution in [3.05, 3.63) is 47.0 Å². The SMILES string of the molecule is Cn1cc(C(N)Cc2ccncc2Cl)cn1. The molecule has 0 aliphatic heterocycles. The summed E-state index contributed by atoms with van der Waals surface area (Å²) in [7, 11) is 1.87. The Morgan fingerprint density at radius 3 is 2.94 bits per heavy atom. The van der Waals surface area contributed by atoms with E-state index in [1.807, 2.05) is 19.3 Å². The summed E-state index contributed by atoms with van der Waals surface area (Å²) >= 11 is 6.02. The lowest BCUT2D eigenvalue weighted by molar-refractivity contribution is 0.716. The Morgan fingerprint density at radius 2 is 2.31 bits per heavy atom. The maximum absolute atomic E-state index is 6.08. The minimum Gasteiger partial charge on any atom is -0.324 e. The predicted octanol–water partition coefficient (Wildman–Crippen LogP) is 1.71. The summed E-state index contributed by atoms with van der Waals surface area (Å²) in [6, 6.07) is 1.80. The van der Waals surface area contributed by atoms with Crippen molar-refractivity contribution in [2.75, 3.05) is 0 Å². The topological polar surface area (TPSA) is 56.7 Å². The van der Waals surface area contributed by atoms with E-state index in [2.05, 4.69) is 10.1 Å². The van der Waals surface area contributed by atoms with E-state index in [4.69, 9.17) is 17.3 Å². The molecule has 0 aliphatic rings. The van der Waals surface area contributed by atoms with Crippen molar-refractivity contribution in [3.8, 4) is 0 Å². The maximum Gasteiger partial charge on any atom is 0.0622 e. The van der Waals surface area contributed by atoms with Gasteiger partial charge in [0.2, 0.25) is 0 Å². The molecular formula is C11H13ClN4.